The molecule has 0 aromatic carbocycles. The number of anilines is 1. The molecule has 2 rings (SSSR count). The molecule has 0 amide bonds. The summed E-state index contributed by atoms with van der Waals surface area (Å²) in [6.45, 7) is 5.00. The van der Waals surface area contributed by atoms with Crippen molar-refractivity contribution in [2.75, 3.05) is 5.73 Å². The second-order valence-corrected chi connectivity index (χ2v) is 5.53. The molecule has 1 aliphatic rings. The van der Waals surface area contributed by atoms with Crippen molar-refractivity contribution in [2.45, 2.75) is 58.9 Å². The van der Waals surface area contributed by atoms with Gasteiger partial charge in [0.05, 0.1) is 5.56 Å². The van der Waals surface area contributed by atoms with E-state index in [1.165, 1.54) is 38.5 Å². The lowest BCUT2D eigenvalue weighted by Gasteiger charge is -2.12. The minimum Gasteiger partial charge on any atom is -0.384 e. The van der Waals surface area contributed by atoms with Crippen LogP contribution in [0.5, 0.6) is 0 Å². The third-order valence-electron chi connectivity index (χ3n) is 4.45. The van der Waals surface area contributed by atoms with Gasteiger partial charge < -0.3 is 10.3 Å². The third kappa shape index (κ3) is 2.38. The molecule has 0 spiro atoms. The summed E-state index contributed by atoms with van der Waals surface area (Å²) in [6, 6.07) is 2.21. The Labute approximate surface area is 110 Å². The maximum absolute atomic E-state index is 9.09. The predicted molar refractivity (Wildman–Crippen MR) is 74.2 cm³/mol. The molecule has 1 aromatic rings. The predicted octanol–water partition coefficient (Wildman–Crippen LogP) is 3.53. The normalized spacial score (nSPS) is 16.1. The summed E-state index contributed by atoms with van der Waals surface area (Å²) in [4.78, 5) is 0. The molecule has 1 aromatic heterocycles. The highest BCUT2D eigenvalue weighted by atomic mass is 15.1. The number of rotatable bonds is 4. The summed E-state index contributed by atoms with van der Waals surface area (Å²) in [5, 5.41) is 9.09. The smallest absolute Gasteiger partial charge is 0.122 e. The van der Waals surface area contributed by atoms with Crippen LogP contribution in [0.1, 0.15) is 55.3 Å². The second kappa shape index (κ2) is 5.48. The number of nitriles is 1. The molecule has 98 valence electrons. The monoisotopic (exact) mass is 245 g/mol. The van der Waals surface area contributed by atoms with E-state index in [9.17, 15) is 0 Å². The molecular weight excluding hydrogens is 222 g/mol. The van der Waals surface area contributed by atoms with Crippen molar-refractivity contribution in [3.63, 3.8) is 0 Å². The van der Waals surface area contributed by atoms with Gasteiger partial charge in [0, 0.05) is 12.2 Å². The Morgan fingerprint density at radius 1 is 1.33 bits per heavy atom. The summed E-state index contributed by atoms with van der Waals surface area (Å²) in [7, 11) is 0. The third-order valence-corrected chi connectivity index (χ3v) is 4.45. The van der Waals surface area contributed by atoms with Gasteiger partial charge in [-0.05, 0) is 38.2 Å². The van der Waals surface area contributed by atoms with E-state index in [1.54, 1.807) is 0 Å². The van der Waals surface area contributed by atoms with Gasteiger partial charge >= 0.3 is 0 Å². The van der Waals surface area contributed by atoms with E-state index in [2.05, 4.69) is 17.6 Å². The van der Waals surface area contributed by atoms with E-state index < -0.39 is 0 Å². The lowest BCUT2D eigenvalue weighted by atomic mass is 10.0. The highest BCUT2D eigenvalue weighted by Crippen LogP contribution is 2.29. The van der Waals surface area contributed by atoms with Gasteiger partial charge in [-0.1, -0.05) is 25.7 Å². The van der Waals surface area contributed by atoms with Crippen LogP contribution in [-0.2, 0) is 6.54 Å². The first-order valence-electron chi connectivity index (χ1n) is 7.00. The van der Waals surface area contributed by atoms with Crippen molar-refractivity contribution in [2.24, 2.45) is 5.92 Å². The number of nitrogen functional groups attached to an aromatic ring is 1. The first-order chi connectivity index (χ1) is 8.65. The molecule has 1 fully saturated rings. The molecule has 3 heteroatoms. The minimum absolute atomic E-state index is 0.652. The van der Waals surface area contributed by atoms with E-state index in [1.807, 2.05) is 6.92 Å². The Kier molecular flexibility index (Phi) is 3.96. The lowest BCUT2D eigenvalue weighted by molar-refractivity contribution is 0.458. The van der Waals surface area contributed by atoms with E-state index in [0.717, 1.165) is 23.7 Å². The highest BCUT2D eigenvalue weighted by molar-refractivity contribution is 5.57. The molecule has 1 aliphatic carbocycles. The second-order valence-electron chi connectivity index (χ2n) is 5.53. The van der Waals surface area contributed by atoms with Gasteiger partial charge in [0.2, 0.25) is 0 Å². The van der Waals surface area contributed by atoms with E-state index in [0.29, 0.717) is 11.4 Å². The van der Waals surface area contributed by atoms with Gasteiger partial charge in [0.15, 0.2) is 0 Å². The van der Waals surface area contributed by atoms with Crippen LogP contribution in [0.4, 0.5) is 5.82 Å². The highest BCUT2D eigenvalue weighted by Gasteiger charge is 2.17. The summed E-state index contributed by atoms with van der Waals surface area (Å²) >= 11 is 0. The molecule has 1 heterocycles. The number of aromatic nitrogens is 1. The van der Waals surface area contributed by atoms with Crippen LogP contribution in [0.3, 0.4) is 0 Å². The number of hydrogen-bond donors (Lipinski definition) is 1. The average molecular weight is 245 g/mol. The fourth-order valence-corrected chi connectivity index (χ4v) is 3.16. The van der Waals surface area contributed by atoms with Crippen molar-refractivity contribution >= 4 is 5.82 Å². The summed E-state index contributed by atoms with van der Waals surface area (Å²) in [5.74, 6) is 1.58. The molecule has 0 aliphatic heterocycles. The molecule has 2 N–H and O–H groups in total. The number of nitrogens with zero attached hydrogens (tertiary/aromatic N) is 2. The first-order valence-corrected chi connectivity index (χ1v) is 7.00. The zero-order valence-corrected chi connectivity index (χ0v) is 11.5. The van der Waals surface area contributed by atoms with E-state index in [-0.39, 0.29) is 0 Å². The van der Waals surface area contributed by atoms with Crippen molar-refractivity contribution in [1.29, 1.82) is 5.26 Å². The minimum atomic E-state index is 0.652. The maximum atomic E-state index is 9.09. The van der Waals surface area contributed by atoms with E-state index >= 15 is 0 Å². The lowest BCUT2D eigenvalue weighted by Crippen LogP contribution is -2.06. The van der Waals surface area contributed by atoms with Crippen molar-refractivity contribution in [3.8, 4) is 6.07 Å². The Balaban J connectivity index is 1.99. The zero-order chi connectivity index (χ0) is 13.1. The van der Waals surface area contributed by atoms with E-state index in [4.69, 9.17) is 11.0 Å². The fourth-order valence-electron chi connectivity index (χ4n) is 3.16. The van der Waals surface area contributed by atoms with Gasteiger partial charge in [0.1, 0.15) is 11.9 Å². The van der Waals surface area contributed by atoms with Gasteiger partial charge in [-0.25, -0.2) is 0 Å². The quantitative estimate of drug-likeness (QED) is 0.882. The molecular formula is C15H23N3. The summed E-state index contributed by atoms with van der Waals surface area (Å²) in [5.41, 5.74) is 8.90. The molecule has 0 saturated heterocycles. The first kappa shape index (κ1) is 13.0. The van der Waals surface area contributed by atoms with Crippen molar-refractivity contribution in [1.82, 2.24) is 4.57 Å². The zero-order valence-electron chi connectivity index (χ0n) is 11.5. The summed E-state index contributed by atoms with van der Waals surface area (Å²) in [6.07, 6.45) is 8.11. The van der Waals surface area contributed by atoms with Crippen LogP contribution >= 0.6 is 0 Å². The molecule has 3 nitrogen and oxygen atoms in total. The molecule has 0 atom stereocenters. The van der Waals surface area contributed by atoms with Gasteiger partial charge in [0.25, 0.3) is 0 Å². The van der Waals surface area contributed by atoms with Crippen LogP contribution in [-0.4, -0.2) is 4.57 Å². The largest absolute Gasteiger partial charge is 0.384 e. The van der Waals surface area contributed by atoms with Crippen LogP contribution in [0.25, 0.3) is 0 Å². The number of hydrogen-bond acceptors (Lipinski definition) is 2. The Morgan fingerprint density at radius 2 is 2.00 bits per heavy atom. The van der Waals surface area contributed by atoms with Gasteiger partial charge in [-0.2, -0.15) is 5.26 Å². The van der Waals surface area contributed by atoms with Crippen molar-refractivity contribution in [3.05, 3.63) is 16.8 Å². The molecule has 1 saturated carbocycles. The maximum Gasteiger partial charge on any atom is 0.122 e. The van der Waals surface area contributed by atoms with Crippen LogP contribution in [0, 0.1) is 31.1 Å². The Bertz CT molecular complexity index is 459. The topological polar surface area (TPSA) is 54.7 Å². The molecule has 0 radical (unpaired) electrons. The standard InChI is InChI=1S/C15H23N3/c1-11-12(2)18(15(17)14(11)10-16)9-5-8-13-6-3-4-7-13/h13H,3-9,17H2,1-2H3. The average Bonchev–Trinajstić information content (AvgIpc) is 2.93. The Hall–Kier alpha value is -1.43. The Morgan fingerprint density at radius 3 is 2.56 bits per heavy atom. The fraction of sp³-hybridized carbons (Fsp3) is 0.667. The molecule has 18 heavy (non-hydrogen) atoms. The number of nitrogens with two attached hydrogens (primary N) is 1. The van der Waals surface area contributed by atoms with Gasteiger partial charge in [-0.15, -0.1) is 0 Å². The van der Waals surface area contributed by atoms with Crippen LogP contribution < -0.4 is 5.73 Å². The molecule has 0 bridgehead atoms. The van der Waals surface area contributed by atoms with Crippen LogP contribution in [0.2, 0.25) is 0 Å². The SMILES string of the molecule is Cc1c(C#N)c(N)n(CCCC2CCCC2)c1C. The van der Waals surface area contributed by atoms with Gasteiger partial charge in [-0.3, -0.25) is 0 Å². The molecule has 0 unspecified atom stereocenters. The van der Waals surface area contributed by atoms with Crippen LogP contribution in [0.15, 0.2) is 0 Å². The summed E-state index contributed by atoms with van der Waals surface area (Å²) < 4.78 is 2.11. The van der Waals surface area contributed by atoms with Crippen molar-refractivity contribution < 1.29 is 0 Å².